The Morgan fingerprint density at radius 1 is 0.862 bits per heavy atom. The Bertz CT molecular complexity index is 844. The summed E-state index contributed by atoms with van der Waals surface area (Å²) < 4.78 is 36.2. The summed E-state index contributed by atoms with van der Waals surface area (Å²) in [5, 5.41) is 0. The summed E-state index contributed by atoms with van der Waals surface area (Å²) in [6.45, 7) is 2.16. The van der Waals surface area contributed by atoms with Crippen LogP contribution in [0.15, 0.2) is 54.6 Å². The average molecular weight is 402 g/mol. The number of esters is 2. The maximum Gasteiger partial charge on any atom is 0.343 e. The molecule has 0 saturated heterocycles. The Hall–Kier alpha value is -3.02. The topological polar surface area (TPSA) is 52.6 Å². The summed E-state index contributed by atoms with van der Waals surface area (Å²) >= 11 is 0. The molecule has 0 N–H and O–H groups in total. The minimum absolute atomic E-state index is 0.107. The summed E-state index contributed by atoms with van der Waals surface area (Å²) in [7, 11) is 0. The van der Waals surface area contributed by atoms with E-state index in [0.29, 0.717) is 0 Å². The van der Waals surface area contributed by atoms with Gasteiger partial charge in [0.15, 0.2) is 11.6 Å². The second kappa shape index (κ2) is 11.7. The standard InChI is InChI=1S/C23H24F2O4/c1-2-3-4-5-6-7-8-9-22(26)28-18-12-10-17(11-13-18)23(27)29-19-14-15-20(24)21(25)16-19/h8-16H,2-7H2,1H3. The van der Waals surface area contributed by atoms with Gasteiger partial charge in [-0.15, -0.1) is 0 Å². The molecule has 154 valence electrons. The summed E-state index contributed by atoms with van der Waals surface area (Å²) in [5.41, 5.74) is 0.178. The third-order valence-corrected chi connectivity index (χ3v) is 4.14. The van der Waals surface area contributed by atoms with Gasteiger partial charge in [0.05, 0.1) is 5.56 Å². The van der Waals surface area contributed by atoms with Crippen molar-refractivity contribution in [3.05, 3.63) is 71.8 Å². The van der Waals surface area contributed by atoms with Crippen molar-refractivity contribution in [3.8, 4) is 11.5 Å². The molecule has 0 aliphatic heterocycles. The monoisotopic (exact) mass is 402 g/mol. The molecule has 0 aliphatic carbocycles. The van der Waals surface area contributed by atoms with Crippen LogP contribution in [-0.4, -0.2) is 11.9 Å². The van der Waals surface area contributed by atoms with Crippen molar-refractivity contribution in [1.82, 2.24) is 0 Å². The van der Waals surface area contributed by atoms with Crippen molar-refractivity contribution in [2.75, 3.05) is 0 Å². The van der Waals surface area contributed by atoms with E-state index in [-0.39, 0.29) is 17.1 Å². The summed E-state index contributed by atoms with van der Waals surface area (Å²) in [5.74, 6) is -3.18. The summed E-state index contributed by atoms with van der Waals surface area (Å²) in [4.78, 5) is 23.9. The van der Waals surface area contributed by atoms with E-state index in [9.17, 15) is 18.4 Å². The first kappa shape index (κ1) is 22.3. The molecule has 2 aromatic carbocycles. The van der Waals surface area contributed by atoms with E-state index in [1.807, 2.05) is 0 Å². The lowest BCUT2D eigenvalue weighted by atomic mass is 10.1. The van der Waals surface area contributed by atoms with Crippen LogP contribution in [0.5, 0.6) is 11.5 Å². The number of carbonyl (C=O) groups is 2. The maximum atomic E-state index is 13.2. The van der Waals surface area contributed by atoms with Crippen LogP contribution >= 0.6 is 0 Å². The minimum atomic E-state index is -1.11. The highest BCUT2D eigenvalue weighted by molar-refractivity contribution is 5.91. The molecule has 29 heavy (non-hydrogen) atoms. The highest BCUT2D eigenvalue weighted by Crippen LogP contribution is 2.18. The number of hydrogen-bond donors (Lipinski definition) is 0. The van der Waals surface area contributed by atoms with Crippen molar-refractivity contribution in [2.45, 2.75) is 45.4 Å². The molecule has 0 atom stereocenters. The van der Waals surface area contributed by atoms with Gasteiger partial charge in [-0.3, -0.25) is 0 Å². The van der Waals surface area contributed by atoms with Crippen molar-refractivity contribution < 1.29 is 27.8 Å². The number of halogens is 2. The minimum Gasteiger partial charge on any atom is -0.423 e. The molecule has 2 rings (SSSR count). The SMILES string of the molecule is CCCCCCCC=CC(=O)Oc1ccc(C(=O)Oc2ccc(F)c(F)c2)cc1. The third kappa shape index (κ3) is 7.86. The third-order valence-electron chi connectivity index (χ3n) is 4.14. The van der Waals surface area contributed by atoms with Crippen molar-refractivity contribution in [1.29, 1.82) is 0 Å². The first-order valence-corrected chi connectivity index (χ1v) is 9.65. The largest absolute Gasteiger partial charge is 0.423 e. The summed E-state index contributed by atoms with van der Waals surface area (Å²) in [6, 6.07) is 8.57. The molecule has 2 aromatic rings. The van der Waals surface area contributed by atoms with Crippen LogP contribution in [0.1, 0.15) is 55.8 Å². The molecule has 0 radical (unpaired) electrons. The van der Waals surface area contributed by atoms with E-state index < -0.39 is 23.6 Å². The lowest BCUT2D eigenvalue weighted by molar-refractivity contribution is -0.129. The fourth-order valence-electron chi connectivity index (χ4n) is 2.56. The highest BCUT2D eigenvalue weighted by Gasteiger charge is 2.11. The highest BCUT2D eigenvalue weighted by atomic mass is 19.2. The van der Waals surface area contributed by atoms with Gasteiger partial charge in [-0.2, -0.15) is 0 Å². The van der Waals surface area contributed by atoms with Gasteiger partial charge in [0.25, 0.3) is 0 Å². The van der Waals surface area contributed by atoms with Gasteiger partial charge in [-0.05, 0) is 49.2 Å². The van der Waals surface area contributed by atoms with Crippen LogP contribution in [0.2, 0.25) is 0 Å². The first-order chi connectivity index (χ1) is 14.0. The predicted molar refractivity (Wildman–Crippen MR) is 106 cm³/mol. The van der Waals surface area contributed by atoms with Crippen molar-refractivity contribution in [2.24, 2.45) is 0 Å². The molecular formula is C23H24F2O4. The molecule has 0 bridgehead atoms. The van der Waals surface area contributed by atoms with Crippen molar-refractivity contribution >= 4 is 11.9 Å². The second-order valence-corrected chi connectivity index (χ2v) is 6.52. The quantitative estimate of drug-likeness (QED) is 0.211. The number of unbranched alkanes of at least 4 members (excludes halogenated alkanes) is 5. The van der Waals surface area contributed by atoms with E-state index in [1.165, 1.54) is 49.6 Å². The van der Waals surface area contributed by atoms with Gasteiger partial charge in [0.1, 0.15) is 11.5 Å². The van der Waals surface area contributed by atoms with Gasteiger partial charge in [0.2, 0.25) is 0 Å². The van der Waals surface area contributed by atoms with E-state index >= 15 is 0 Å². The van der Waals surface area contributed by atoms with Gasteiger partial charge in [-0.1, -0.05) is 38.7 Å². The van der Waals surface area contributed by atoms with E-state index in [0.717, 1.165) is 37.5 Å². The van der Waals surface area contributed by atoms with E-state index in [2.05, 4.69) is 6.92 Å². The van der Waals surface area contributed by atoms with Crippen LogP contribution in [0.3, 0.4) is 0 Å². The zero-order valence-electron chi connectivity index (χ0n) is 16.3. The van der Waals surface area contributed by atoms with Crippen LogP contribution in [0.4, 0.5) is 8.78 Å². The Kier molecular flexibility index (Phi) is 9.02. The Labute approximate surface area is 169 Å². The number of carbonyl (C=O) groups excluding carboxylic acids is 2. The lowest BCUT2D eigenvalue weighted by Crippen LogP contribution is -2.09. The normalized spacial score (nSPS) is 10.9. The average Bonchev–Trinajstić information content (AvgIpc) is 2.70. The molecule has 0 unspecified atom stereocenters. The second-order valence-electron chi connectivity index (χ2n) is 6.52. The molecular weight excluding hydrogens is 378 g/mol. The first-order valence-electron chi connectivity index (χ1n) is 9.65. The number of ether oxygens (including phenoxy) is 2. The van der Waals surface area contributed by atoms with Crippen LogP contribution in [-0.2, 0) is 4.79 Å². The molecule has 6 heteroatoms. The molecule has 0 spiro atoms. The maximum absolute atomic E-state index is 13.2. The lowest BCUT2D eigenvalue weighted by Gasteiger charge is -2.06. The zero-order valence-corrected chi connectivity index (χ0v) is 16.3. The Morgan fingerprint density at radius 2 is 1.55 bits per heavy atom. The van der Waals surface area contributed by atoms with Crippen molar-refractivity contribution in [3.63, 3.8) is 0 Å². The van der Waals surface area contributed by atoms with E-state index in [4.69, 9.17) is 9.47 Å². The number of hydrogen-bond acceptors (Lipinski definition) is 4. The van der Waals surface area contributed by atoms with Gasteiger partial charge >= 0.3 is 11.9 Å². The van der Waals surface area contributed by atoms with Crippen LogP contribution in [0.25, 0.3) is 0 Å². The predicted octanol–water partition coefficient (Wildman–Crippen LogP) is 6.01. The number of allylic oxidation sites excluding steroid dienone is 1. The Balaban J connectivity index is 1.80. The zero-order chi connectivity index (χ0) is 21.1. The fourth-order valence-corrected chi connectivity index (χ4v) is 2.56. The molecule has 0 aliphatic rings. The molecule has 0 heterocycles. The van der Waals surface area contributed by atoms with E-state index in [1.54, 1.807) is 6.08 Å². The molecule has 0 saturated carbocycles. The number of benzene rings is 2. The summed E-state index contributed by atoms with van der Waals surface area (Å²) in [6.07, 6.45) is 9.84. The molecule has 0 aromatic heterocycles. The Morgan fingerprint density at radius 3 is 2.24 bits per heavy atom. The van der Waals surface area contributed by atoms with Crippen LogP contribution < -0.4 is 9.47 Å². The molecule has 0 fully saturated rings. The fraction of sp³-hybridized carbons (Fsp3) is 0.304. The number of rotatable bonds is 10. The van der Waals surface area contributed by atoms with Gasteiger partial charge < -0.3 is 9.47 Å². The van der Waals surface area contributed by atoms with Crippen LogP contribution in [0, 0.1) is 11.6 Å². The molecule has 0 amide bonds. The van der Waals surface area contributed by atoms with Gasteiger partial charge in [0, 0.05) is 12.1 Å². The molecule has 4 nitrogen and oxygen atoms in total. The van der Waals surface area contributed by atoms with Gasteiger partial charge in [-0.25, -0.2) is 18.4 Å². The smallest absolute Gasteiger partial charge is 0.343 e.